The number of para-hydroxylation sites is 1. The molecule has 4 nitrogen and oxygen atoms in total. The Morgan fingerprint density at radius 1 is 0.971 bits per heavy atom. The molecule has 0 aliphatic rings. The summed E-state index contributed by atoms with van der Waals surface area (Å²) in [4.78, 5) is 15.0. The minimum absolute atomic E-state index is 0. The van der Waals surface area contributed by atoms with Crippen molar-refractivity contribution in [3.63, 3.8) is 0 Å². The molecule has 0 atom stereocenters. The molecule has 181 valence electrons. The van der Waals surface area contributed by atoms with Gasteiger partial charge in [0.2, 0.25) is 0 Å². The van der Waals surface area contributed by atoms with Gasteiger partial charge >= 0.3 is 0 Å². The topological polar surface area (TPSA) is 63.3 Å². The molecule has 0 bridgehead atoms. The number of rotatable bonds is 2. The fourth-order valence-corrected chi connectivity index (χ4v) is 4.13. The predicted octanol–water partition coefficient (Wildman–Crippen LogP) is 7.93. The first-order chi connectivity index (χ1) is 16.1. The van der Waals surface area contributed by atoms with Crippen molar-refractivity contribution >= 4 is 38.4 Å². The van der Waals surface area contributed by atoms with E-state index in [1.165, 1.54) is 30.9 Å². The van der Waals surface area contributed by atoms with Crippen molar-refractivity contribution in [2.45, 2.75) is 40.0 Å². The molecule has 0 aliphatic heterocycles. The summed E-state index contributed by atoms with van der Waals surface area (Å²) in [6, 6.07) is 24.4. The second kappa shape index (κ2) is 10.6. The molecule has 0 aliphatic carbocycles. The fourth-order valence-electron chi connectivity index (χ4n) is 4.13. The van der Waals surface area contributed by atoms with Crippen LogP contribution in [-0.2, 0) is 30.3 Å². The minimum Gasteiger partial charge on any atom is -0.512 e. The maximum Gasteiger partial charge on any atom is 0.155 e. The Kier molecular flexibility index (Phi) is 7.94. The first kappa shape index (κ1) is 26.3. The number of aromatic nitrogens is 1. The van der Waals surface area contributed by atoms with Gasteiger partial charge in [-0.15, -0.1) is 29.1 Å². The third kappa shape index (κ3) is 5.70. The molecule has 2 heterocycles. The van der Waals surface area contributed by atoms with E-state index < -0.39 is 0 Å². The second-order valence-electron chi connectivity index (χ2n) is 9.43. The number of carbonyl (C=O) groups excluding carboxylic acids is 1. The van der Waals surface area contributed by atoms with Crippen LogP contribution in [0.2, 0.25) is 0 Å². The molecule has 0 fully saturated rings. The summed E-state index contributed by atoms with van der Waals surface area (Å²) >= 11 is 0. The van der Waals surface area contributed by atoms with Gasteiger partial charge in [0.15, 0.2) is 5.78 Å². The van der Waals surface area contributed by atoms with E-state index in [-0.39, 0.29) is 37.1 Å². The molecule has 0 saturated carbocycles. The number of hydrogen-bond acceptors (Lipinski definition) is 4. The Bertz CT molecular complexity index is 1540. The zero-order valence-corrected chi connectivity index (χ0v) is 22.9. The van der Waals surface area contributed by atoms with Crippen LogP contribution in [0, 0.1) is 6.07 Å². The summed E-state index contributed by atoms with van der Waals surface area (Å²) in [7, 11) is 0. The van der Waals surface area contributed by atoms with Gasteiger partial charge in [0, 0.05) is 42.6 Å². The number of aliphatic hydroxyl groups excluding tert-OH is 1. The van der Waals surface area contributed by atoms with Crippen LogP contribution in [0.15, 0.2) is 83.2 Å². The molecular weight excluding hydrogens is 615 g/mol. The summed E-state index contributed by atoms with van der Waals surface area (Å²) in [5.41, 5.74) is 5.08. The van der Waals surface area contributed by atoms with E-state index in [1.54, 1.807) is 6.26 Å². The number of furan rings is 1. The zero-order chi connectivity index (χ0) is 24.5. The quantitative estimate of drug-likeness (QED) is 0.121. The average molecular weight is 643 g/mol. The van der Waals surface area contributed by atoms with Gasteiger partial charge in [0.25, 0.3) is 0 Å². The van der Waals surface area contributed by atoms with Crippen molar-refractivity contribution in [1.29, 1.82) is 0 Å². The van der Waals surface area contributed by atoms with Crippen LogP contribution in [0.1, 0.15) is 40.2 Å². The molecule has 1 radical (unpaired) electrons. The third-order valence-electron chi connectivity index (χ3n) is 5.55. The van der Waals surface area contributed by atoms with Gasteiger partial charge in [-0.25, -0.2) is 0 Å². The Balaban J connectivity index is 0.000000378. The molecule has 2 aromatic heterocycles. The van der Waals surface area contributed by atoms with E-state index in [1.807, 2.05) is 24.3 Å². The zero-order valence-electron chi connectivity index (χ0n) is 20.5. The standard InChI is InChI=1S/C25H20NO.C5H8O2.Ir/c1-25(2,3)21-15-17(14-16-8-4-5-9-18(16)21)23-20-12-13-27-24(20)19-10-6-7-11-22(19)26-23;1-4(6)3-5(2)7;/h4-13,15H,1-3H3;3,6H,1-2H3;/q-1;;/b;4-3-;. The van der Waals surface area contributed by atoms with Gasteiger partial charge in [-0.3, -0.25) is 9.78 Å². The Morgan fingerprint density at radius 3 is 2.26 bits per heavy atom. The van der Waals surface area contributed by atoms with E-state index >= 15 is 0 Å². The number of fused-ring (bicyclic) bond motifs is 4. The number of benzene rings is 3. The Hall–Kier alpha value is -3.27. The number of pyridine rings is 1. The molecule has 5 heteroatoms. The van der Waals surface area contributed by atoms with Gasteiger partial charge in [-0.05, 0) is 37.5 Å². The molecule has 35 heavy (non-hydrogen) atoms. The minimum atomic E-state index is -0.125. The second-order valence-corrected chi connectivity index (χ2v) is 9.43. The summed E-state index contributed by atoms with van der Waals surface area (Å²) in [5, 5.41) is 12.8. The summed E-state index contributed by atoms with van der Waals surface area (Å²) < 4.78 is 5.82. The van der Waals surface area contributed by atoms with Gasteiger partial charge in [-0.2, -0.15) is 0 Å². The van der Waals surface area contributed by atoms with E-state index in [0.29, 0.717) is 0 Å². The summed E-state index contributed by atoms with van der Waals surface area (Å²) in [6.07, 6.45) is 2.91. The van der Waals surface area contributed by atoms with E-state index in [9.17, 15) is 4.79 Å². The van der Waals surface area contributed by atoms with Crippen LogP contribution in [0.3, 0.4) is 0 Å². The van der Waals surface area contributed by atoms with E-state index in [4.69, 9.17) is 14.5 Å². The van der Waals surface area contributed by atoms with Crippen LogP contribution >= 0.6 is 0 Å². The Morgan fingerprint density at radius 2 is 1.63 bits per heavy atom. The molecule has 5 aromatic rings. The molecule has 0 spiro atoms. The smallest absolute Gasteiger partial charge is 0.155 e. The first-order valence-corrected chi connectivity index (χ1v) is 11.2. The van der Waals surface area contributed by atoms with Crippen molar-refractivity contribution in [2.75, 3.05) is 0 Å². The molecule has 3 aromatic carbocycles. The van der Waals surface area contributed by atoms with Crippen molar-refractivity contribution in [2.24, 2.45) is 0 Å². The van der Waals surface area contributed by atoms with Crippen LogP contribution in [0.5, 0.6) is 0 Å². The van der Waals surface area contributed by atoms with Gasteiger partial charge in [0.05, 0.1) is 17.5 Å². The van der Waals surface area contributed by atoms with Gasteiger partial charge in [-0.1, -0.05) is 62.1 Å². The monoisotopic (exact) mass is 643 g/mol. The average Bonchev–Trinajstić information content (AvgIpc) is 3.27. The number of carbonyl (C=O) groups is 1. The number of hydrogen-bond donors (Lipinski definition) is 1. The Labute approximate surface area is 219 Å². The fraction of sp³-hybridized carbons (Fsp3) is 0.200. The maximum absolute atomic E-state index is 10.0. The van der Waals surface area contributed by atoms with E-state index in [2.05, 4.69) is 63.2 Å². The van der Waals surface area contributed by atoms with Gasteiger partial charge < -0.3 is 9.52 Å². The van der Waals surface area contributed by atoms with Crippen LogP contribution in [0.25, 0.3) is 43.9 Å². The third-order valence-corrected chi connectivity index (χ3v) is 5.55. The largest absolute Gasteiger partial charge is 0.512 e. The first-order valence-electron chi connectivity index (χ1n) is 11.2. The van der Waals surface area contributed by atoms with Gasteiger partial charge in [0.1, 0.15) is 5.58 Å². The molecule has 1 N–H and O–H groups in total. The molecule has 0 amide bonds. The number of allylic oxidation sites excluding steroid dienone is 2. The molecule has 0 unspecified atom stereocenters. The van der Waals surface area contributed by atoms with E-state index in [0.717, 1.165) is 38.5 Å². The SMILES string of the molecule is CC(=O)/C=C(/C)O.CC(C)(C)c1cc(-c2nc3ccccc3c3occc23)[c-]c2ccccc12.[Ir]. The van der Waals surface area contributed by atoms with Crippen molar-refractivity contribution in [3.8, 4) is 11.3 Å². The summed E-state index contributed by atoms with van der Waals surface area (Å²) in [6.45, 7) is 9.60. The maximum atomic E-state index is 10.0. The normalized spacial score (nSPS) is 11.7. The van der Waals surface area contributed by atoms with Crippen LogP contribution in [-0.4, -0.2) is 15.9 Å². The molecular formula is C30H28IrNO3-. The number of aliphatic hydroxyl groups is 1. The van der Waals surface area contributed by atoms with Crippen molar-refractivity contribution in [3.05, 3.63) is 90.4 Å². The summed E-state index contributed by atoms with van der Waals surface area (Å²) in [5.74, 6) is -0.0625. The van der Waals surface area contributed by atoms with Crippen molar-refractivity contribution < 1.29 is 34.4 Å². The molecule has 0 saturated heterocycles. The van der Waals surface area contributed by atoms with Crippen molar-refractivity contribution in [1.82, 2.24) is 4.98 Å². The molecule has 5 rings (SSSR count). The number of nitrogens with zero attached hydrogens (tertiary/aromatic N) is 1. The number of ketones is 1. The predicted molar refractivity (Wildman–Crippen MR) is 139 cm³/mol. The van der Waals surface area contributed by atoms with Crippen LogP contribution < -0.4 is 0 Å². The van der Waals surface area contributed by atoms with Crippen LogP contribution in [0.4, 0.5) is 0 Å².